The highest BCUT2D eigenvalue weighted by molar-refractivity contribution is 5.78. The fourth-order valence-electron chi connectivity index (χ4n) is 3.57. The first-order chi connectivity index (χ1) is 11.1. The Bertz CT molecular complexity index is 722. The van der Waals surface area contributed by atoms with E-state index in [1.807, 2.05) is 13.1 Å². The molecule has 6 heteroatoms. The number of aliphatic hydroxyl groups excluding tert-OH is 1. The molecule has 0 radical (unpaired) electrons. The minimum Gasteiger partial charge on any atom is -0.385 e. The van der Waals surface area contributed by atoms with Gasteiger partial charge in [-0.3, -0.25) is 0 Å². The van der Waals surface area contributed by atoms with Crippen molar-refractivity contribution in [3.63, 3.8) is 0 Å². The van der Waals surface area contributed by atoms with Crippen molar-refractivity contribution in [1.82, 2.24) is 14.5 Å². The van der Waals surface area contributed by atoms with Gasteiger partial charge in [0.25, 0.3) is 0 Å². The molecule has 23 heavy (non-hydrogen) atoms. The third-order valence-electron chi connectivity index (χ3n) is 4.79. The van der Waals surface area contributed by atoms with Crippen LogP contribution >= 0.6 is 0 Å². The van der Waals surface area contributed by atoms with E-state index in [0.717, 1.165) is 42.5 Å². The molecule has 0 spiro atoms. The fraction of sp³-hybridized carbons (Fsp3) is 0.588. The van der Waals surface area contributed by atoms with Crippen molar-refractivity contribution < 1.29 is 5.11 Å². The average Bonchev–Trinajstić information content (AvgIpc) is 2.94. The highest BCUT2D eigenvalue weighted by Gasteiger charge is 2.27. The maximum atomic E-state index is 10.1. The van der Waals surface area contributed by atoms with Crippen molar-refractivity contribution in [3.05, 3.63) is 18.1 Å². The molecule has 1 aliphatic rings. The first-order valence-corrected chi connectivity index (χ1v) is 8.24. The Labute approximate surface area is 136 Å². The zero-order valence-electron chi connectivity index (χ0n) is 13.7. The molecule has 6 nitrogen and oxygen atoms in total. The highest BCUT2D eigenvalue weighted by Crippen LogP contribution is 2.37. The Morgan fingerprint density at radius 1 is 1.43 bits per heavy atom. The van der Waals surface area contributed by atoms with Crippen LogP contribution in [-0.4, -0.2) is 26.7 Å². The number of hydrogen-bond acceptors (Lipinski definition) is 5. The van der Waals surface area contributed by atoms with Crippen molar-refractivity contribution in [2.24, 2.45) is 5.92 Å². The molecule has 1 saturated carbocycles. The van der Waals surface area contributed by atoms with Gasteiger partial charge in [-0.25, -0.2) is 9.97 Å². The zero-order valence-corrected chi connectivity index (χ0v) is 13.7. The SMILES string of the molecule is CNc1cc2c(cn1)nc(C(C)O)n2[C@H]1CC[C@@H](CC#N)CC1. The van der Waals surface area contributed by atoms with E-state index in [-0.39, 0.29) is 0 Å². The van der Waals surface area contributed by atoms with E-state index in [2.05, 4.69) is 25.9 Å². The fourth-order valence-corrected chi connectivity index (χ4v) is 3.57. The second-order valence-corrected chi connectivity index (χ2v) is 6.36. The van der Waals surface area contributed by atoms with Gasteiger partial charge in [0.05, 0.1) is 17.8 Å². The van der Waals surface area contributed by atoms with E-state index in [1.54, 1.807) is 13.1 Å². The minimum absolute atomic E-state index is 0.326. The molecule has 122 valence electrons. The number of nitrogens with zero attached hydrogens (tertiary/aromatic N) is 4. The summed E-state index contributed by atoms with van der Waals surface area (Å²) in [5.74, 6) is 2.02. The van der Waals surface area contributed by atoms with Gasteiger partial charge in [-0.05, 0) is 38.5 Å². The first kappa shape index (κ1) is 15.8. The van der Waals surface area contributed by atoms with E-state index in [1.165, 1.54) is 0 Å². The Balaban J connectivity index is 1.98. The minimum atomic E-state index is -0.614. The molecule has 1 aliphatic carbocycles. The molecule has 2 aromatic heterocycles. The van der Waals surface area contributed by atoms with Crippen LogP contribution in [0.1, 0.15) is 57.0 Å². The van der Waals surface area contributed by atoms with E-state index in [4.69, 9.17) is 5.26 Å². The van der Waals surface area contributed by atoms with Crippen LogP contribution < -0.4 is 5.32 Å². The van der Waals surface area contributed by atoms with E-state index in [9.17, 15) is 5.11 Å². The Kier molecular flexibility index (Phi) is 4.49. The van der Waals surface area contributed by atoms with Gasteiger partial charge < -0.3 is 15.0 Å². The second kappa shape index (κ2) is 6.55. The number of rotatable bonds is 4. The van der Waals surface area contributed by atoms with Crippen LogP contribution in [0.3, 0.4) is 0 Å². The van der Waals surface area contributed by atoms with Crippen LogP contribution in [-0.2, 0) is 0 Å². The summed E-state index contributed by atoms with van der Waals surface area (Å²) < 4.78 is 2.19. The van der Waals surface area contributed by atoms with Crippen LogP contribution in [0.2, 0.25) is 0 Å². The quantitative estimate of drug-likeness (QED) is 0.905. The van der Waals surface area contributed by atoms with Gasteiger partial charge in [0.2, 0.25) is 0 Å². The van der Waals surface area contributed by atoms with Crippen molar-refractivity contribution in [2.75, 3.05) is 12.4 Å². The monoisotopic (exact) mass is 313 g/mol. The van der Waals surface area contributed by atoms with E-state index in [0.29, 0.717) is 24.2 Å². The van der Waals surface area contributed by atoms with Crippen molar-refractivity contribution >= 4 is 16.9 Å². The number of fused-ring (bicyclic) bond motifs is 1. The Hall–Kier alpha value is -2.13. The second-order valence-electron chi connectivity index (χ2n) is 6.36. The first-order valence-electron chi connectivity index (χ1n) is 8.24. The van der Waals surface area contributed by atoms with Crippen molar-refractivity contribution in [3.8, 4) is 6.07 Å². The van der Waals surface area contributed by atoms with Gasteiger partial charge in [0, 0.05) is 25.6 Å². The molecule has 0 aromatic carbocycles. The van der Waals surface area contributed by atoms with Gasteiger partial charge >= 0.3 is 0 Å². The number of aliphatic hydroxyl groups is 1. The molecular formula is C17H23N5O. The molecule has 3 rings (SSSR count). The molecule has 1 atom stereocenters. The highest BCUT2D eigenvalue weighted by atomic mass is 16.3. The van der Waals surface area contributed by atoms with Gasteiger partial charge in [0.15, 0.2) is 0 Å². The number of hydrogen-bond donors (Lipinski definition) is 2. The number of imidazole rings is 1. The Morgan fingerprint density at radius 3 is 2.78 bits per heavy atom. The summed E-state index contributed by atoms with van der Waals surface area (Å²) >= 11 is 0. The summed E-state index contributed by atoms with van der Waals surface area (Å²) in [5, 5.41) is 22.1. The smallest absolute Gasteiger partial charge is 0.138 e. The Morgan fingerprint density at radius 2 is 2.17 bits per heavy atom. The average molecular weight is 313 g/mol. The largest absolute Gasteiger partial charge is 0.385 e. The van der Waals surface area contributed by atoms with E-state index >= 15 is 0 Å². The normalized spacial score (nSPS) is 22.7. The molecule has 2 N–H and O–H groups in total. The molecule has 0 saturated heterocycles. The lowest BCUT2D eigenvalue weighted by atomic mass is 9.84. The molecule has 0 aliphatic heterocycles. The van der Waals surface area contributed by atoms with Crippen LogP contribution in [0.25, 0.3) is 11.0 Å². The predicted molar refractivity (Wildman–Crippen MR) is 88.9 cm³/mol. The number of pyridine rings is 1. The molecule has 1 fully saturated rings. The molecule has 1 unspecified atom stereocenters. The zero-order chi connectivity index (χ0) is 16.4. The maximum absolute atomic E-state index is 10.1. The molecular weight excluding hydrogens is 290 g/mol. The lowest BCUT2D eigenvalue weighted by Crippen LogP contribution is -2.20. The molecule has 2 heterocycles. The number of nitriles is 1. The molecule has 2 aromatic rings. The number of anilines is 1. The summed E-state index contributed by atoms with van der Waals surface area (Å²) in [6, 6.07) is 4.61. The van der Waals surface area contributed by atoms with E-state index < -0.39 is 6.10 Å². The lowest BCUT2D eigenvalue weighted by Gasteiger charge is -2.30. The summed E-state index contributed by atoms with van der Waals surface area (Å²) in [7, 11) is 1.84. The maximum Gasteiger partial charge on any atom is 0.138 e. The standard InChI is InChI=1S/C17H23N5O/c1-11(23)17-21-14-10-20-16(19-2)9-15(14)22(17)13-5-3-12(4-6-13)7-8-18/h9-13,23H,3-7H2,1-2H3,(H,19,20)/t11?,12-,13+. The van der Waals surface area contributed by atoms with Crippen LogP contribution in [0.5, 0.6) is 0 Å². The summed E-state index contributed by atoms with van der Waals surface area (Å²) in [6.45, 7) is 1.76. The number of aromatic nitrogens is 3. The van der Waals surface area contributed by atoms with Crippen molar-refractivity contribution in [1.29, 1.82) is 5.26 Å². The van der Waals surface area contributed by atoms with Crippen LogP contribution in [0.4, 0.5) is 5.82 Å². The van der Waals surface area contributed by atoms with Gasteiger partial charge in [-0.1, -0.05) is 0 Å². The van der Waals surface area contributed by atoms with Gasteiger partial charge in [-0.2, -0.15) is 5.26 Å². The third-order valence-corrected chi connectivity index (χ3v) is 4.79. The van der Waals surface area contributed by atoms with Gasteiger partial charge in [-0.15, -0.1) is 0 Å². The molecule has 0 bridgehead atoms. The number of nitrogens with one attached hydrogen (secondary N) is 1. The third kappa shape index (κ3) is 3.02. The predicted octanol–water partition coefficient (Wildman–Crippen LogP) is 3.17. The van der Waals surface area contributed by atoms with Crippen LogP contribution in [0.15, 0.2) is 12.3 Å². The summed E-state index contributed by atoms with van der Waals surface area (Å²) in [5.41, 5.74) is 1.84. The molecule has 0 amide bonds. The van der Waals surface area contributed by atoms with Crippen molar-refractivity contribution in [2.45, 2.75) is 51.2 Å². The van der Waals surface area contributed by atoms with Crippen LogP contribution in [0, 0.1) is 17.2 Å². The lowest BCUT2D eigenvalue weighted by molar-refractivity contribution is 0.175. The summed E-state index contributed by atoms with van der Waals surface area (Å²) in [6.07, 6.45) is 5.95. The topological polar surface area (TPSA) is 86.8 Å². The summed E-state index contributed by atoms with van der Waals surface area (Å²) in [4.78, 5) is 8.90. The van der Waals surface area contributed by atoms with Gasteiger partial charge in [0.1, 0.15) is 23.3 Å².